The van der Waals surface area contributed by atoms with Gasteiger partial charge in [-0.1, -0.05) is 23.8 Å². The summed E-state index contributed by atoms with van der Waals surface area (Å²) >= 11 is 0. The lowest BCUT2D eigenvalue weighted by molar-refractivity contribution is -0.114. The van der Waals surface area contributed by atoms with Crippen LogP contribution in [0.5, 0.6) is 0 Å². The number of nitrogens with two attached hydrogens (primary N) is 1. The van der Waals surface area contributed by atoms with E-state index in [-0.39, 0.29) is 5.91 Å². The van der Waals surface area contributed by atoms with Crippen molar-refractivity contribution < 1.29 is 9.59 Å². The van der Waals surface area contributed by atoms with E-state index in [1.54, 1.807) is 4.68 Å². The van der Waals surface area contributed by atoms with Crippen LogP contribution in [0.25, 0.3) is 16.9 Å². The Labute approximate surface area is 157 Å². The first-order valence-corrected chi connectivity index (χ1v) is 8.83. The van der Waals surface area contributed by atoms with Crippen LogP contribution in [-0.2, 0) is 17.6 Å². The number of rotatable bonds is 3. The number of aryl methyl sites for hydroxylation is 2. The molecular weight excluding hydrogens is 340 g/mol. The van der Waals surface area contributed by atoms with Crippen molar-refractivity contribution >= 4 is 17.5 Å². The molecule has 0 saturated carbocycles. The SMILES string of the molecule is CC(=O)Nc1ccc2c(c1)-c1c(c(C(N)=O)nn1-c1ccc(C)cc1)CC2. The molecular formula is C21H20N4O2. The van der Waals surface area contributed by atoms with Gasteiger partial charge in [-0.3, -0.25) is 9.59 Å². The molecule has 0 spiro atoms. The number of fused-ring (bicyclic) bond motifs is 3. The zero-order valence-electron chi connectivity index (χ0n) is 15.2. The molecule has 2 aromatic carbocycles. The topological polar surface area (TPSA) is 90.0 Å². The van der Waals surface area contributed by atoms with Crippen molar-refractivity contribution in [2.45, 2.75) is 26.7 Å². The summed E-state index contributed by atoms with van der Waals surface area (Å²) in [5.74, 6) is -0.658. The van der Waals surface area contributed by atoms with Crippen molar-refractivity contribution in [1.29, 1.82) is 0 Å². The number of anilines is 1. The van der Waals surface area contributed by atoms with E-state index in [2.05, 4.69) is 10.4 Å². The molecule has 0 atom stereocenters. The summed E-state index contributed by atoms with van der Waals surface area (Å²) in [6, 6.07) is 13.8. The van der Waals surface area contributed by atoms with Gasteiger partial charge in [0, 0.05) is 23.7 Å². The van der Waals surface area contributed by atoms with E-state index >= 15 is 0 Å². The summed E-state index contributed by atoms with van der Waals surface area (Å²) in [6.45, 7) is 3.50. The van der Waals surface area contributed by atoms with Crippen LogP contribution in [0.4, 0.5) is 5.69 Å². The third-order valence-electron chi connectivity index (χ3n) is 4.83. The van der Waals surface area contributed by atoms with Crippen LogP contribution in [0, 0.1) is 6.92 Å². The highest BCUT2D eigenvalue weighted by Crippen LogP contribution is 2.38. The first-order valence-electron chi connectivity index (χ1n) is 8.83. The van der Waals surface area contributed by atoms with E-state index in [4.69, 9.17) is 5.73 Å². The van der Waals surface area contributed by atoms with Crippen molar-refractivity contribution in [3.8, 4) is 16.9 Å². The number of amides is 2. The highest BCUT2D eigenvalue weighted by atomic mass is 16.1. The van der Waals surface area contributed by atoms with Crippen LogP contribution in [0.3, 0.4) is 0 Å². The predicted octanol–water partition coefficient (Wildman–Crippen LogP) is 3.00. The first-order chi connectivity index (χ1) is 12.9. The van der Waals surface area contributed by atoms with Crippen LogP contribution in [0.15, 0.2) is 42.5 Å². The highest BCUT2D eigenvalue weighted by molar-refractivity contribution is 5.96. The fourth-order valence-electron chi connectivity index (χ4n) is 3.59. The minimum atomic E-state index is -0.529. The Bertz CT molecular complexity index is 1060. The summed E-state index contributed by atoms with van der Waals surface area (Å²) < 4.78 is 1.78. The molecule has 0 aliphatic heterocycles. The fraction of sp³-hybridized carbons (Fsp3) is 0.190. The summed E-state index contributed by atoms with van der Waals surface area (Å²) in [5.41, 5.74) is 12.5. The minimum absolute atomic E-state index is 0.129. The number of carbonyl (C=O) groups is 2. The van der Waals surface area contributed by atoms with E-state index in [9.17, 15) is 9.59 Å². The van der Waals surface area contributed by atoms with Crippen LogP contribution in [0.1, 0.15) is 34.1 Å². The summed E-state index contributed by atoms with van der Waals surface area (Å²) in [7, 11) is 0. The van der Waals surface area contributed by atoms with Gasteiger partial charge in [-0.25, -0.2) is 4.68 Å². The van der Waals surface area contributed by atoms with E-state index in [0.29, 0.717) is 17.8 Å². The lowest BCUT2D eigenvalue weighted by Gasteiger charge is -2.20. The highest BCUT2D eigenvalue weighted by Gasteiger charge is 2.28. The Morgan fingerprint density at radius 2 is 1.85 bits per heavy atom. The van der Waals surface area contributed by atoms with E-state index in [1.807, 2.05) is 49.4 Å². The molecule has 6 nitrogen and oxygen atoms in total. The molecule has 1 aromatic heterocycles. The molecule has 1 aliphatic rings. The second-order valence-electron chi connectivity index (χ2n) is 6.84. The van der Waals surface area contributed by atoms with Gasteiger partial charge in [0.1, 0.15) is 0 Å². The fourth-order valence-corrected chi connectivity index (χ4v) is 3.59. The molecule has 0 unspecified atom stereocenters. The molecule has 3 aromatic rings. The van der Waals surface area contributed by atoms with E-state index in [0.717, 1.165) is 40.1 Å². The average Bonchev–Trinajstić information content (AvgIpc) is 3.02. The molecule has 6 heteroatoms. The van der Waals surface area contributed by atoms with Gasteiger partial charge in [-0.05, 0) is 49.6 Å². The van der Waals surface area contributed by atoms with Gasteiger partial charge >= 0.3 is 0 Å². The largest absolute Gasteiger partial charge is 0.364 e. The number of hydrogen-bond acceptors (Lipinski definition) is 3. The standard InChI is InChI=1S/C21H20N4O2/c1-12-3-8-16(9-4-12)25-20-17(19(24-25)21(22)27)10-6-14-5-7-15(11-18(14)20)23-13(2)26/h3-5,7-9,11H,6,10H2,1-2H3,(H2,22,27)(H,23,26). The van der Waals surface area contributed by atoms with Crippen molar-refractivity contribution in [2.75, 3.05) is 5.32 Å². The predicted molar refractivity (Wildman–Crippen MR) is 104 cm³/mol. The Balaban J connectivity index is 1.96. The van der Waals surface area contributed by atoms with Gasteiger partial charge < -0.3 is 11.1 Å². The molecule has 1 heterocycles. The van der Waals surface area contributed by atoms with Crippen LogP contribution < -0.4 is 11.1 Å². The molecule has 4 rings (SSSR count). The van der Waals surface area contributed by atoms with E-state index in [1.165, 1.54) is 6.92 Å². The van der Waals surface area contributed by atoms with Gasteiger partial charge in [-0.15, -0.1) is 0 Å². The molecule has 0 bridgehead atoms. The monoisotopic (exact) mass is 360 g/mol. The smallest absolute Gasteiger partial charge is 0.269 e. The molecule has 2 amide bonds. The molecule has 0 fully saturated rings. The zero-order chi connectivity index (χ0) is 19.1. The van der Waals surface area contributed by atoms with Crippen molar-refractivity contribution in [2.24, 2.45) is 5.73 Å². The Hall–Kier alpha value is -3.41. The van der Waals surface area contributed by atoms with Crippen LogP contribution in [0.2, 0.25) is 0 Å². The lowest BCUT2D eigenvalue weighted by Crippen LogP contribution is -2.15. The summed E-state index contributed by atoms with van der Waals surface area (Å²) in [6.07, 6.45) is 1.49. The third-order valence-corrected chi connectivity index (χ3v) is 4.83. The first kappa shape index (κ1) is 17.0. The second kappa shape index (κ2) is 6.39. The Kier molecular flexibility index (Phi) is 4.03. The maximum atomic E-state index is 12.0. The number of hydrogen-bond donors (Lipinski definition) is 2. The minimum Gasteiger partial charge on any atom is -0.364 e. The maximum absolute atomic E-state index is 12.0. The Morgan fingerprint density at radius 1 is 1.11 bits per heavy atom. The van der Waals surface area contributed by atoms with Crippen molar-refractivity contribution in [3.63, 3.8) is 0 Å². The summed E-state index contributed by atoms with van der Waals surface area (Å²) in [4.78, 5) is 23.4. The number of aromatic nitrogens is 2. The normalized spacial score (nSPS) is 12.2. The molecule has 1 aliphatic carbocycles. The third kappa shape index (κ3) is 2.99. The van der Waals surface area contributed by atoms with Gasteiger partial charge in [0.15, 0.2) is 5.69 Å². The lowest BCUT2D eigenvalue weighted by atomic mass is 9.88. The Morgan fingerprint density at radius 3 is 2.52 bits per heavy atom. The second-order valence-corrected chi connectivity index (χ2v) is 6.84. The number of carbonyl (C=O) groups excluding carboxylic acids is 2. The average molecular weight is 360 g/mol. The molecule has 136 valence electrons. The molecule has 0 saturated heterocycles. The van der Waals surface area contributed by atoms with Crippen molar-refractivity contribution in [1.82, 2.24) is 9.78 Å². The van der Waals surface area contributed by atoms with Gasteiger partial charge in [0.05, 0.1) is 11.4 Å². The number of benzene rings is 2. The maximum Gasteiger partial charge on any atom is 0.269 e. The van der Waals surface area contributed by atoms with Gasteiger partial charge in [0.2, 0.25) is 5.91 Å². The van der Waals surface area contributed by atoms with Crippen molar-refractivity contribution in [3.05, 3.63) is 64.8 Å². The van der Waals surface area contributed by atoms with Gasteiger partial charge in [0.25, 0.3) is 5.91 Å². The number of nitrogens with zero attached hydrogens (tertiary/aromatic N) is 2. The number of primary amides is 1. The van der Waals surface area contributed by atoms with Crippen LogP contribution >= 0.6 is 0 Å². The molecule has 27 heavy (non-hydrogen) atoms. The number of nitrogens with one attached hydrogen (secondary N) is 1. The summed E-state index contributed by atoms with van der Waals surface area (Å²) in [5, 5.41) is 7.36. The zero-order valence-corrected chi connectivity index (χ0v) is 15.2. The molecule has 0 radical (unpaired) electrons. The van der Waals surface area contributed by atoms with Gasteiger partial charge in [-0.2, -0.15) is 5.10 Å². The van der Waals surface area contributed by atoms with Crippen LogP contribution in [-0.4, -0.2) is 21.6 Å². The quantitative estimate of drug-likeness (QED) is 0.752. The van der Waals surface area contributed by atoms with E-state index < -0.39 is 5.91 Å². The molecule has 3 N–H and O–H groups in total.